The van der Waals surface area contributed by atoms with Crippen molar-refractivity contribution in [3.8, 4) is 5.75 Å². The Morgan fingerprint density at radius 2 is 1.70 bits per heavy atom. The Bertz CT molecular complexity index is 1120. The number of amides is 1. The van der Waals surface area contributed by atoms with Crippen molar-refractivity contribution >= 4 is 21.6 Å². The standard InChI is InChI=1S/C26H34N2O4S/c1-18(2)20-8-10-22(11-9-20)33(30,31)27-16-13-21(14-17-27)26(29)28-15-5-6-23-19(3)7-12-24(32-4)25(23)28/h7-12,18,21H,5-6,13-17H2,1-4H3. The highest BCUT2D eigenvalue weighted by atomic mass is 32.2. The summed E-state index contributed by atoms with van der Waals surface area (Å²) in [5, 5.41) is 0. The maximum absolute atomic E-state index is 13.5. The number of sulfonamides is 1. The van der Waals surface area contributed by atoms with Crippen molar-refractivity contribution in [2.75, 3.05) is 31.6 Å². The van der Waals surface area contributed by atoms with Crippen LogP contribution in [0.2, 0.25) is 0 Å². The lowest BCUT2D eigenvalue weighted by Crippen LogP contribution is -2.46. The van der Waals surface area contributed by atoms with Gasteiger partial charge in [0, 0.05) is 25.6 Å². The highest BCUT2D eigenvalue weighted by Gasteiger charge is 2.36. The SMILES string of the molecule is COc1ccc(C)c2c1N(C(=O)C1CCN(S(=O)(=O)c3ccc(C(C)C)cc3)CC1)CCC2. The van der Waals surface area contributed by atoms with E-state index in [2.05, 4.69) is 20.8 Å². The summed E-state index contributed by atoms with van der Waals surface area (Å²) in [7, 11) is -1.92. The highest BCUT2D eigenvalue weighted by molar-refractivity contribution is 7.89. The van der Waals surface area contributed by atoms with Gasteiger partial charge in [-0.25, -0.2) is 8.42 Å². The van der Waals surface area contributed by atoms with Crippen molar-refractivity contribution < 1.29 is 17.9 Å². The molecule has 1 amide bonds. The predicted molar refractivity (Wildman–Crippen MR) is 130 cm³/mol. The minimum atomic E-state index is -3.56. The molecule has 33 heavy (non-hydrogen) atoms. The van der Waals surface area contributed by atoms with Crippen molar-refractivity contribution in [2.45, 2.75) is 57.3 Å². The molecule has 0 unspecified atom stereocenters. The Kier molecular flexibility index (Phi) is 6.82. The van der Waals surface area contributed by atoms with Gasteiger partial charge in [-0.05, 0) is 73.4 Å². The fraction of sp³-hybridized carbons (Fsp3) is 0.500. The maximum atomic E-state index is 13.5. The van der Waals surface area contributed by atoms with E-state index in [-0.39, 0.29) is 11.8 Å². The first-order chi connectivity index (χ1) is 15.7. The number of rotatable bonds is 5. The van der Waals surface area contributed by atoms with E-state index in [0.717, 1.165) is 29.8 Å². The molecule has 0 spiro atoms. The van der Waals surface area contributed by atoms with Crippen LogP contribution in [0.1, 0.15) is 55.7 Å². The van der Waals surface area contributed by atoms with Gasteiger partial charge in [0.05, 0.1) is 17.7 Å². The highest BCUT2D eigenvalue weighted by Crippen LogP contribution is 2.39. The molecule has 0 aromatic heterocycles. The molecular weight excluding hydrogens is 436 g/mol. The Hall–Kier alpha value is -2.38. The lowest BCUT2D eigenvalue weighted by atomic mass is 9.92. The zero-order valence-corrected chi connectivity index (χ0v) is 20.8. The van der Waals surface area contributed by atoms with Crippen LogP contribution in [0.3, 0.4) is 0 Å². The third kappa shape index (κ3) is 4.53. The molecule has 0 saturated carbocycles. The van der Waals surface area contributed by atoms with Gasteiger partial charge in [-0.2, -0.15) is 4.31 Å². The largest absolute Gasteiger partial charge is 0.495 e. The minimum Gasteiger partial charge on any atom is -0.495 e. The van der Waals surface area contributed by atoms with Crippen LogP contribution in [0.5, 0.6) is 5.75 Å². The zero-order valence-electron chi connectivity index (χ0n) is 20.0. The number of hydrogen-bond acceptors (Lipinski definition) is 4. The number of methoxy groups -OCH3 is 1. The first-order valence-corrected chi connectivity index (χ1v) is 13.3. The Morgan fingerprint density at radius 1 is 1.03 bits per heavy atom. The summed E-state index contributed by atoms with van der Waals surface area (Å²) < 4.78 is 33.4. The van der Waals surface area contributed by atoms with E-state index >= 15 is 0 Å². The van der Waals surface area contributed by atoms with Crippen LogP contribution in [-0.2, 0) is 21.2 Å². The fourth-order valence-electron chi connectivity index (χ4n) is 4.98. The first-order valence-electron chi connectivity index (χ1n) is 11.8. The van der Waals surface area contributed by atoms with Crippen LogP contribution >= 0.6 is 0 Å². The summed E-state index contributed by atoms with van der Waals surface area (Å²) >= 11 is 0. The molecule has 0 bridgehead atoms. The molecule has 7 heteroatoms. The van der Waals surface area contributed by atoms with Gasteiger partial charge in [-0.3, -0.25) is 4.79 Å². The molecular formula is C26H34N2O4S. The number of aryl methyl sites for hydroxylation is 1. The van der Waals surface area contributed by atoms with E-state index in [0.29, 0.717) is 43.3 Å². The second kappa shape index (κ2) is 9.47. The molecule has 4 rings (SSSR count). The number of nitrogens with zero attached hydrogens (tertiary/aromatic N) is 2. The van der Waals surface area contributed by atoms with Crippen molar-refractivity contribution in [2.24, 2.45) is 5.92 Å². The van der Waals surface area contributed by atoms with Gasteiger partial charge in [-0.15, -0.1) is 0 Å². The molecule has 2 aromatic rings. The van der Waals surface area contributed by atoms with E-state index in [1.807, 2.05) is 29.2 Å². The van der Waals surface area contributed by atoms with E-state index < -0.39 is 10.0 Å². The average molecular weight is 471 g/mol. The third-order valence-electron chi connectivity index (χ3n) is 7.03. The topological polar surface area (TPSA) is 66.9 Å². The summed E-state index contributed by atoms with van der Waals surface area (Å²) in [6, 6.07) is 11.1. The van der Waals surface area contributed by atoms with Crippen molar-refractivity contribution in [3.05, 3.63) is 53.1 Å². The van der Waals surface area contributed by atoms with Gasteiger partial charge < -0.3 is 9.64 Å². The van der Waals surface area contributed by atoms with Crippen LogP contribution in [0, 0.1) is 12.8 Å². The maximum Gasteiger partial charge on any atom is 0.243 e. The molecule has 0 radical (unpaired) electrons. The number of fused-ring (bicyclic) bond motifs is 1. The van der Waals surface area contributed by atoms with Gasteiger partial charge in [0.2, 0.25) is 15.9 Å². The fourth-order valence-corrected chi connectivity index (χ4v) is 6.44. The summed E-state index contributed by atoms with van der Waals surface area (Å²) in [5.74, 6) is 0.980. The second-order valence-electron chi connectivity index (χ2n) is 9.41. The summed E-state index contributed by atoms with van der Waals surface area (Å²) in [6.45, 7) is 7.63. The normalized spacial score (nSPS) is 17.8. The first kappa shape index (κ1) is 23.8. The number of anilines is 1. The van der Waals surface area contributed by atoms with Crippen molar-refractivity contribution in [1.82, 2.24) is 4.31 Å². The molecule has 0 N–H and O–H groups in total. The van der Waals surface area contributed by atoms with E-state index in [9.17, 15) is 13.2 Å². The summed E-state index contributed by atoms with van der Waals surface area (Å²) in [4.78, 5) is 15.7. The molecule has 0 atom stereocenters. The third-order valence-corrected chi connectivity index (χ3v) is 8.94. The van der Waals surface area contributed by atoms with E-state index in [1.54, 1.807) is 19.2 Å². The molecule has 2 aliphatic heterocycles. The van der Waals surface area contributed by atoms with Crippen LogP contribution in [0.25, 0.3) is 0 Å². The molecule has 2 aromatic carbocycles. The lowest BCUT2D eigenvalue weighted by molar-refractivity contribution is -0.123. The number of benzene rings is 2. The smallest absolute Gasteiger partial charge is 0.243 e. The van der Waals surface area contributed by atoms with E-state index in [1.165, 1.54) is 15.4 Å². The summed E-state index contributed by atoms with van der Waals surface area (Å²) in [6.07, 6.45) is 2.92. The van der Waals surface area contributed by atoms with Crippen LogP contribution in [-0.4, -0.2) is 45.4 Å². The molecule has 178 valence electrons. The predicted octanol–water partition coefficient (Wildman–Crippen LogP) is 4.51. The lowest BCUT2D eigenvalue weighted by Gasteiger charge is -2.37. The average Bonchev–Trinajstić information content (AvgIpc) is 2.84. The monoisotopic (exact) mass is 470 g/mol. The number of carbonyl (C=O) groups is 1. The molecule has 2 heterocycles. The second-order valence-corrected chi connectivity index (χ2v) is 11.3. The molecule has 2 aliphatic rings. The quantitative estimate of drug-likeness (QED) is 0.645. The van der Waals surface area contributed by atoms with Gasteiger partial charge in [0.15, 0.2) is 0 Å². The van der Waals surface area contributed by atoms with E-state index in [4.69, 9.17) is 4.74 Å². The Balaban J connectivity index is 1.48. The minimum absolute atomic E-state index is 0.0817. The number of carbonyl (C=O) groups excluding carboxylic acids is 1. The van der Waals surface area contributed by atoms with Gasteiger partial charge in [0.1, 0.15) is 5.75 Å². The van der Waals surface area contributed by atoms with Gasteiger partial charge >= 0.3 is 0 Å². The Morgan fingerprint density at radius 3 is 2.30 bits per heavy atom. The molecule has 1 fully saturated rings. The molecule has 1 saturated heterocycles. The number of piperidine rings is 1. The van der Waals surface area contributed by atoms with Crippen molar-refractivity contribution in [1.29, 1.82) is 0 Å². The molecule has 0 aliphatic carbocycles. The van der Waals surface area contributed by atoms with Gasteiger partial charge in [0.25, 0.3) is 0 Å². The number of hydrogen-bond donors (Lipinski definition) is 0. The molecule has 6 nitrogen and oxygen atoms in total. The summed E-state index contributed by atoms with van der Waals surface area (Å²) in [5.41, 5.74) is 4.37. The van der Waals surface area contributed by atoms with Crippen LogP contribution in [0.15, 0.2) is 41.3 Å². The zero-order chi connectivity index (χ0) is 23.8. The van der Waals surface area contributed by atoms with Gasteiger partial charge in [-0.1, -0.05) is 32.0 Å². The van der Waals surface area contributed by atoms with Crippen LogP contribution in [0.4, 0.5) is 5.69 Å². The Labute approximate surface area is 197 Å². The van der Waals surface area contributed by atoms with Crippen LogP contribution < -0.4 is 9.64 Å². The number of ether oxygens (including phenoxy) is 1. The van der Waals surface area contributed by atoms with Crippen molar-refractivity contribution in [3.63, 3.8) is 0 Å².